The van der Waals surface area contributed by atoms with Crippen molar-refractivity contribution in [2.24, 2.45) is 0 Å². The second-order valence-corrected chi connectivity index (χ2v) is 8.58. The summed E-state index contributed by atoms with van der Waals surface area (Å²) in [6.45, 7) is 3.40. The van der Waals surface area contributed by atoms with Crippen LogP contribution in [0.2, 0.25) is 0 Å². The molecule has 0 spiro atoms. The predicted octanol–water partition coefficient (Wildman–Crippen LogP) is 3.28. The number of carbonyl (C=O) groups excluding carboxylic acids is 3. The third-order valence-electron chi connectivity index (χ3n) is 6.11. The van der Waals surface area contributed by atoms with Crippen LogP contribution in [-0.4, -0.2) is 74.6 Å². The van der Waals surface area contributed by atoms with Crippen molar-refractivity contribution in [1.29, 1.82) is 0 Å². The van der Waals surface area contributed by atoms with E-state index in [4.69, 9.17) is 4.74 Å². The SMILES string of the molecule is COC(=O)CCc1ccc(C(C(=O)Nc2ccc(C(F)(F)F)cc2)N(C=O)CCN2CCOCC2)cc1. The molecule has 0 aromatic heterocycles. The molecule has 0 bridgehead atoms. The molecule has 1 saturated heterocycles. The van der Waals surface area contributed by atoms with Crippen molar-refractivity contribution in [3.63, 3.8) is 0 Å². The highest BCUT2D eigenvalue weighted by Crippen LogP contribution is 2.30. The van der Waals surface area contributed by atoms with Crippen LogP contribution in [0.5, 0.6) is 0 Å². The highest BCUT2D eigenvalue weighted by molar-refractivity contribution is 5.96. The average Bonchev–Trinajstić information content (AvgIpc) is 2.90. The molecule has 0 aliphatic carbocycles. The highest BCUT2D eigenvalue weighted by atomic mass is 19.4. The number of amides is 2. The minimum absolute atomic E-state index is 0.178. The molecule has 1 heterocycles. The van der Waals surface area contributed by atoms with Crippen molar-refractivity contribution in [3.8, 4) is 0 Å². The van der Waals surface area contributed by atoms with Gasteiger partial charge in [-0.1, -0.05) is 24.3 Å². The molecule has 200 valence electrons. The van der Waals surface area contributed by atoms with Crippen LogP contribution in [0.15, 0.2) is 48.5 Å². The summed E-state index contributed by atoms with van der Waals surface area (Å²) in [6, 6.07) is 10.0. The van der Waals surface area contributed by atoms with Crippen molar-refractivity contribution in [2.45, 2.75) is 25.1 Å². The summed E-state index contributed by atoms with van der Waals surface area (Å²) in [6.07, 6.45) is -3.24. The Balaban J connectivity index is 1.79. The van der Waals surface area contributed by atoms with Crippen molar-refractivity contribution < 1.29 is 37.0 Å². The third-order valence-corrected chi connectivity index (χ3v) is 6.11. The molecule has 11 heteroatoms. The molecule has 0 radical (unpaired) electrons. The fourth-order valence-electron chi connectivity index (χ4n) is 3.99. The van der Waals surface area contributed by atoms with Crippen LogP contribution < -0.4 is 5.32 Å². The molecule has 8 nitrogen and oxygen atoms in total. The number of hydrogen-bond donors (Lipinski definition) is 1. The Kier molecular flexibility index (Phi) is 10.0. The molecular formula is C26H30F3N3O5. The molecule has 1 unspecified atom stereocenters. The molecule has 2 amide bonds. The van der Waals surface area contributed by atoms with Gasteiger partial charge in [-0.05, 0) is 41.8 Å². The van der Waals surface area contributed by atoms with E-state index in [2.05, 4.69) is 15.0 Å². The smallest absolute Gasteiger partial charge is 0.416 e. The fourth-order valence-corrected chi connectivity index (χ4v) is 3.99. The summed E-state index contributed by atoms with van der Waals surface area (Å²) >= 11 is 0. The predicted molar refractivity (Wildman–Crippen MR) is 130 cm³/mol. The van der Waals surface area contributed by atoms with Gasteiger partial charge >= 0.3 is 12.1 Å². The number of alkyl halides is 3. The van der Waals surface area contributed by atoms with E-state index in [9.17, 15) is 27.6 Å². The van der Waals surface area contributed by atoms with Gasteiger partial charge in [0.05, 0.1) is 25.9 Å². The maximum Gasteiger partial charge on any atom is 0.416 e. The highest BCUT2D eigenvalue weighted by Gasteiger charge is 2.31. The van der Waals surface area contributed by atoms with Crippen molar-refractivity contribution in [2.75, 3.05) is 51.8 Å². The lowest BCUT2D eigenvalue weighted by molar-refractivity contribution is -0.140. The van der Waals surface area contributed by atoms with Gasteiger partial charge in [0.25, 0.3) is 5.91 Å². The van der Waals surface area contributed by atoms with Gasteiger partial charge in [0.1, 0.15) is 6.04 Å². The molecular weight excluding hydrogens is 491 g/mol. The second-order valence-electron chi connectivity index (χ2n) is 8.58. The van der Waals surface area contributed by atoms with E-state index in [1.54, 1.807) is 24.3 Å². The van der Waals surface area contributed by atoms with Crippen LogP contribution in [-0.2, 0) is 36.5 Å². The largest absolute Gasteiger partial charge is 0.469 e. The molecule has 1 atom stereocenters. The van der Waals surface area contributed by atoms with E-state index in [1.807, 2.05) is 0 Å². The van der Waals surface area contributed by atoms with Crippen LogP contribution in [0.4, 0.5) is 18.9 Å². The van der Waals surface area contributed by atoms with Crippen LogP contribution in [0.1, 0.15) is 29.2 Å². The Morgan fingerprint density at radius 1 is 1.11 bits per heavy atom. The molecule has 2 aromatic rings. The summed E-state index contributed by atoms with van der Waals surface area (Å²) < 4.78 is 48.7. The van der Waals surface area contributed by atoms with E-state index in [0.29, 0.717) is 51.2 Å². The summed E-state index contributed by atoms with van der Waals surface area (Å²) in [7, 11) is 1.32. The summed E-state index contributed by atoms with van der Waals surface area (Å²) in [5.41, 5.74) is 0.726. The normalized spacial score (nSPS) is 15.0. The van der Waals surface area contributed by atoms with Gasteiger partial charge in [-0.2, -0.15) is 13.2 Å². The standard InChI is InChI=1S/C26H30F3N3O5/c1-36-23(34)11-4-19-2-5-20(6-3-19)24(32(18-33)13-12-31-14-16-37-17-15-31)25(35)30-22-9-7-21(8-10-22)26(27,28)29/h2-3,5-10,18,24H,4,11-17H2,1H3,(H,30,35). The first kappa shape index (κ1) is 28.1. The lowest BCUT2D eigenvalue weighted by Gasteiger charge is -2.32. The second kappa shape index (κ2) is 13.2. The van der Waals surface area contributed by atoms with Crippen LogP contribution in [0.3, 0.4) is 0 Å². The number of halogens is 3. The summed E-state index contributed by atoms with van der Waals surface area (Å²) in [4.78, 5) is 40.4. The Morgan fingerprint density at radius 3 is 2.32 bits per heavy atom. The number of benzene rings is 2. The van der Waals surface area contributed by atoms with E-state index in [1.165, 1.54) is 24.1 Å². The monoisotopic (exact) mass is 521 g/mol. The van der Waals surface area contributed by atoms with Gasteiger partial charge in [-0.25, -0.2) is 0 Å². The number of hydrogen-bond acceptors (Lipinski definition) is 6. The molecule has 1 aliphatic rings. The number of methoxy groups -OCH3 is 1. The van der Waals surface area contributed by atoms with E-state index in [0.717, 1.165) is 17.7 Å². The first-order valence-corrected chi connectivity index (χ1v) is 11.9. The maximum absolute atomic E-state index is 13.4. The fraction of sp³-hybridized carbons (Fsp3) is 0.423. The van der Waals surface area contributed by atoms with Crippen molar-refractivity contribution in [1.82, 2.24) is 9.80 Å². The number of nitrogens with zero attached hydrogens (tertiary/aromatic N) is 2. The van der Waals surface area contributed by atoms with E-state index < -0.39 is 23.7 Å². The van der Waals surface area contributed by atoms with Crippen LogP contribution >= 0.6 is 0 Å². The van der Waals surface area contributed by atoms with Gasteiger partial charge in [0.2, 0.25) is 6.41 Å². The number of carbonyl (C=O) groups is 3. The zero-order valence-corrected chi connectivity index (χ0v) is 20.5. The molecule has 37 heavy (non-hydrogen) atoms. The zero-order chi connectivity index (χ0) is 26.8. The Labute approximate surface area is 213 Å². The number of ether oxygens (including phenoxy) is 2. The van der Waals surface area contributed by atoms with Crippen LogP contribution in [0.25, 0.3) is 0 Å². The van der Waals surface area contributed by atoms with Crippen LogP contribution in [0, 0.1) is 0 Å². The van der Waals surface area contributed by atoms with Crippen molar-refractivity contribution >= 4 is 24.0 Å². The lowest BCUT2D eigenvalue weighted by atomic mass is 10.0. The topological polar surface area (TPSA) is 88.2 Å². The minimum atomic E-state index is -4.49. The third kappa shape index (κ3) is 8.29. The van der Waals surface area contributed by atoms with Gasteiger partial charge in [0, 0.05) is 38.3 Å². The van der Waals surface area contributed by atoms with Gasteiger partial charge < -0.3 is 19.7 Å². The first-order valence-electron chi connectivity index (χ1n) is 11.9. The van der Waals surface area contributed by atoms with E-state index in [-0.39, 0.29) is 24.6 Å². The zero-order valence-electron chi connectivity index (χ0n) is 20.5. The quantitative estimate of drug-likeness (QED) is 0.361. The first-order chi connectivity index (χ1) is 17.7. The number of morpholine rings is 1. The number of rotatable bonds is 11. The molecule has 1 N–H and O–H groups in total. The number of nitrogens with one attached hydrogen (secondary N) is 1. The Hall–Kier alpha value is -3.44. The number of anilines is 1. The summed E-state index contributed by atoms with van der Waals surface area (Å²) in [5.74, 6) is -0.899. The van der Waals surface area contributed by atoms with Gasteiger partial charge in [-0.3, -0.25) is 19.3 Å². The van der Waals surface area contributed by atoms with Gasteiger partial charge in [-0.15, -0.1) is 0 Å². The maximum atomic E-state index is 13.4. The number of esters is 1. The van der Waals surface area contributed by atoms with Gasteiger partial charge in [0.15, 0.2) is 0 Å². The Bertz CT molecular complexity index is 1040. The number of aryl methyl sites for hydroxylation is 1. The minimum Gasteiger partial charge on any atom is -0.469 e. The average molecular weight is 522 g/mol. The lowest BCUT2D eigenvalue weighted by Crippen LogP contribution is -2.44. The molecule has 1 fully saturated rings. The molecule has 3 rings (SSSR count). The Morgan fingerprint density at radius 2 is 1.76 bits per heavy atom. The molecule has 2 aromatic carbocycles. The van der Waals surface area contributed by atoms with Crippen molar-refractivity contribution in [3.05, 3.63) is 65.2 Å². The molecule has 0 saturated carbocycles. The van der Waals surface area contributed by atoms with E-state index >= 15 is 0 Å². The molecule has 1 aliphatic heterocycles. The summed E-state index contributed by atoms with van der Waals surface area (Å²) in [5, 5.41) is 2.63.